The first-order valence-corrected chi connectivity index (χ1v) is 7.26. The van der Waals surface area contributed by atoms with Crippen LogP contribution in [0.1, 0.15) is 20.1 Å². The molecule has 1 aromatic carbocycles. The molecule has 0 saturated heterocycles. The van der Waals surface area contributed by atoms with Gasteiger partial charge in [0.25, 0.3) is 0 Å². The van der Waals surface area contributed by atoms with Crippen molar-refractivity contribution in [2.75, 3.05) is 0 Å². The summed E-state index contributed by atoms with van der Waals surface area (Å²) in [6.45, 7) is 0. The number of hydrogen-bond donors (Lipinski definition) is 0. The first-order chi connectivity index (χ1) is 8.86. The highest BCUT2D eigenvalue weighted by Gasteiger charge is 2.00. The molecular formula is C15H10OS2. The lowest BCUT2D eigenvalue weighted by atomic mass is 10.1. The molecule has 0 aliphatic heterocycles. The summed E-state index contributed by atoms with van der Waals surface area (Å²) in [4.78, 5) is 12.5. The van der Waals surface area contributed by atoms with Gasteiger partial charge < -0.3 is 0 Å². The van der Waals surface area contributed by atoms with Gasteiger partial charge in [0.1, 0.15) is 0 Å². The van der Waals surface area contributed by atoms with E-state index in [1.165, 1.54) is 27.0 Å². The Hall–Kier alpha value is -1.71. The maximum atomic E-state index is 10.6. The monoisotopic (exact) mass is 270 g/mol. The van der Waals surface area contributed by atoms with Crippen molar-refractivity contribution in [3.8, 4) is 0 Å². The molecule has 0 N–H and O–H groups in total. The van der Waals surface area contributed by atoms with Crippen LogP contribution in [0.15, 0.2) is 41.8 Å². The van der Waals surface area contributed by atoms with Gasteiger partial charge in [-0.25, -0.2) is 0 Å². The highest BCUT2D eigenvalue weighted by molar-refractivity contribution is 7.17. The van der Waals surface area contributed by atoms with E-state index in [1.807, 2.05) is 12.1 Å². The Balaban J connectivity index is 1.94. The predicted octanol–water partition coefficient (Wildman–Crippen LogP) is 4.95. The molecule has 2 heterocycles. The number of carbonyl (C=O) groups excluding carboxylic acids is 1. The summed E-state index contributed by atoms with van der Waals surface area (Å²) in [6, 6.07) is 12.2. The molecule has 0 aliphatic rings. The van der Waals surface area contributed by atoms with E-state index in [4.69, 9.17) is 0 Å². The van der Waals surface area contributed by atoms with E-state index in [0.717, 1.165) is 16.0 Å². The van der Waals surface area contributed by atoms with Gasteiger partial charge in [-0.2, -0.15) is 0 Å². The number of aldehydes is 1. The number of fused-ring (bicyclic) bond motifs is 1. The zero-order chi connectivity index (χ0) is 12.4. The number of carbonyl (C=O) groups is 1. The summed E-state index contributed by atoms with van der Waals surface area (Å²) in [6.07, 6.45) is 5.06. The summed E-state index contributed by atoms with van der Waals surface area (Å²) < 4.78 is 1.30. The Morgan fingerprint density at radius 2 is 1.78 bits per heavy atom. The molecule has 18 heavy (non-hydrogen) atoms. The van der Waals surface area contributed by atoms with E-state index in [2.05, 4.69) is 41.8 Å². The second-order valence-electron chi connectivity index (χ2n) is 3.88. The Bertz CT molecular complexity index is 719. The first kappa shape index (κ1) is 11.4. The minimum Gasteiger partial charge on any atom is -0.297 e. The van der Waals surface area contributed by atoms with Gasteiger partial charge in [-0.05, 0) is 40.6 Å². The smallest absolute Gasteiger partial charge is 0.160 e. The third-order valence-corrected chi connectivity index (χ3v) is 4.66. The average Bonchev–Trinajstić information content (AvgIpc) is 3.03. The minimum absolute atomic E-state index is 0.768. The van der Waals surface area contributed by atoms with Crippen LogP contribution in [0.5, 0.6) is 0 Å². The molecule has 88 valence electrons. The van der Waals surface area contributed by atoms with Crippen molar-refractivity contribution in [2.24, 2.45) is 0 Å². The fourth-order valence-electron chi connectivity index (χ4n) is 1.82. The van der Waals surface area contributed by atoms with Gasteiger partial charge in [-0.3, -0.25) is 4.79 Å². The van der Waals surface area contributed by atoms with Gasteiger partial charge in [-0.1, -0.05) is 24.3 Å². The minimum atomic E-state index is 0.768. The zero-order valence-electron chi connectivity index (χ0n) is 9.50. The highest BCUT2D eigenvalue weighted by atomic mass is 32.1. The van der Waals surface area contributed by atoms with E-state index in [-0.39, 0.29) is 0 Å². The first-order valence-electron chi connectivity index (χ1n) is 5.56. The predicted molar refractivity (Wildman–Crippen MR) is 80.5 cm³/mol. The quantitative estimate of drug-likeness (QED) is 0.616. The van der Waals surface area contributed by atoms with Crippen LogP contribution in [-0.2, 0) is 0 Å². The van der Waals surface area contributed by atoms with Crippen molar-refractivity contribution in [2.45, 2.75) is 0 Å². The van der Waals surface area contributed by atoms with Gasteiger partial charge >= 0.3 is 0 Å². The topological polar surface area (TPSA) is 17.1 Å². The molecule has 0 amide bonds. The van der Waals surface area contributed by atoms with E-state index >= 15 is 0 Å². The second kappa shape index (κ2) is 4.88. The van der Waals surface area contributed by atoms with Crippen LogP contribution >= 0.6 is 22.7 Å². The van der Waals surface area contributed by atoms with Gasteiger partial charge in [0, 0.05) is 9.58 Å². The van der Waals surface area contributed by atoms with Crippen LogP contribution in [0.25, 0.3) is 22.2 Å². The fraction of sp³-hybridized carbons (Fsp3) is 0. The molecule has 1 nitrogen and oxygen atoms in total. The number of benzene rings is 1. The Morgan fingerprint density at radius 3 is 2.61 bits per heavy atom. The van der Waals surface area contributed by atoms with E-state index in [1.54, 1.807) is 11.3 Å². The Morgan fingerprint density at radius 1 is 0.944 bits per heavy atom. The van der Waals surface area contributed by atoms with Crippen LogP contribution in [0.3, 0.4) is 0 Å². The van der Waals surface area contributed by atoms with Crippen LogP contribution in [-0.4, -0.2) is 6.29 Å². The Kier molecular flexibility index (Phi) is 3.09. The average molecular weight is 270 g/mol. The van der Waals surface area contributed by atoms with Crippen molar-refractivity contribution < 1.29 is 4.79 Å². The number of thiophene rings is 2. The molecule has 0 fully saturated rings. The van der Waals surface area contributed by atoms with Crippen LogP contribution < -0.4 is 0 Å². The normalized spacial score (nSPS) is 11.3. The molecule has 0 spiro atoms. The largest absolute Gasteiger partial charge is 0.297 e. The molecule has 0 saturated carbocycles. The summed E-state index contributed by atoms with van der Waals surface area (Å²) >= 11 is 3.26. The Labute approximate surface area is 113 Å². The summed E-state index contributed by atoms with van der Waals surface area (Å²) in [5.74, 6) is 0. The lowest BCUT2D eigenvalue weighted by Crippen LogP contribution is -1.67. The van der Waals surface area contributed by atoms with Gasteiger partial charge in [0.2, 0.25) is 0 Å². The maximum Gasteiger partial charge on any atom is 0.160 e. The third kappa shape index (κ3) is 2.15. The fourth-order valence-corrected chi connectivity index (χ4v) is 3.48. The molecule has 3 rings (SSSR count). The van der Waals surface area contributed by atoms with Gasteiger partial charge in [0.05, 0.1) is 4.88 Å². The highest BCUT2D eigenvalue weighted by Crippen LogP contribution is 2.27. The number of rotatable bonds is 3. The van der Waals surface area contributed by atoms with Gasteiger partial charge in [0.15, 0.2) is 6.29 Å². The molecule has 0 unspecified atom stereocenters. The molecule has 0 bridgehead atoms. The van der Waals surface area contributed by atoms with E-state index in [0.29, 0.717) is 0 Å². The van der Waals surface area contributed by atoms with E-state index in [9.17, 15) is 4.79 Å². The molecule has 0 aliphatic carbocycles. The van der Waals surface area contributed by atoms with Crippen LogP contribution in [0.4, 0.5) is 0 Å². The molecule has 0 radical (unpaired) electrons. The standard InChI is InChI=1S/C15H10OS2/c16-9-13-8-7-12(18-13)6-5-11-10-17-15-4-2-1-3-14(11)15/h1-10H. The van der Waals surface area contributed by atoms with E-state index < -0.39 is 0 Å². The van der Waals surface area contributed by atoms with Crippen molar-refractivity contribution in [3.05, 3.63) is 57.1 Å². The molecular weight excluding hydrogens is 260 g/mol. The third-order valence-electron chi connectivity index (χ3n) is 2.70. The molecule has 3 heteroatoms. The van der Waals surface area contributed by atoms with Crippen LogP contribution in [0.2, 0.25) is 0 Å². The second-order valence-corrected chi connectivity index (χ2v) is 5.94. The SMILES string of the molecule is O=Cc1ccc(C=Cc2csc3ccccc23)s1. The summed E-state index contributed by atoms with van der Waals surface area (Å²) in [7, 11) is 0. The summed E-state index contributed by atoms with van der Waals surface area (Å²) in [5.41, 5.74) is 1.23. The number of hydrogen-bond acceptors (Lipinski definition) is 3. The lowest BCUT2D eigenvalue weighted by molar-refractivity contribution is 0.112. The zero-order valence-corrected chi connectivity index (χ0v) is 11.1. The van der Waals surface area contributed by atoms with Crippen molar-refractivity contribution >= 4 is 51.2 Å². The maximum absolute atomic E-state index is 10.6. The van der Waals surface area contributed by atoms with Crippen molar-refractivity contribution in [3.63, 3.8) is 0 Å². The molecule has 2 aromatic heterocycles. The van der Waals surface area contributed by atoms with Gasteiger partial charge in [-0.15, -0.1) is 22.7 Å². The van der Waals surface area contributed by atoms with Crippen molar-refractivity contribution in [1.82, 2.24) is 0 Å². The molecule has 3 aromatic rings. The lowest BCUT2D eigenvalue weighted by Gasteiger charge is -1.90. The summed E-state index contributed by atoms with van der Waals surface area (Å²) in [5, 5.41) is 3.45. The van der Waals surface area contributed by atoms with Crippen LogP contribution in [0, 0.1) is 0 Å². The molecule has 0 atom stereocenters. The van der Waals surface area contributed by atoms with Crippen molar-refractivity contribution in [1.29, 1.82) is 0 Å².